The SMILES string of the molecule is CCCSc1nc(O)c(NC(C)=O)c(O)n1. The molecule has 7 heteroatoms. The van der Waals surface area contributed by atoms with E-state index in [1.807, 2.05) is 6.92 Å². The molecule has 6 nitrogen and oxygen atoms in total. The van der Waals surface area contributed by atoms with E-state index in [1.165, 1.54) is 18.7 Å². The first-order chi connectivity index (χ1) is 7.54. The highest BCUT2D eigenvalue weighted by molar-refractivity contribution is 7.99. The molecule has 1 heterocycles. The number of hydrogen-bond donors (Lipinski definition) is 3. The predicted molar refractivity (Wildman–Crippen MR) is 60.7 cm³/mol. The molecular weight excluding hydrogens is 230 g/mol. The number of thioether (sulfide) groups is 1. The van der Waals surface area contributed by atoms with E-state index in [4.69, 9.17) is 0 Å². The van der Waals surface area contributed by atoms with E-state index in [9.17, 15) is 15.0 Å². The number of nitrogens with one attached hydrogen (secondary N) is 1. The number of nitrogens with zero attached hydrogens (tertiary/aromatic N) is 2. The third-order valence-electron chi connectivity index (χ3n) is 1.59. The molecule has 0 aliphatic carbocycles. The molecule has 16 heavy (non-hydrogen) atoms. The van der Waals surface area contributed by atoms with Crippen molar-refractivity contribution in [3.05, 3.63) is 0 Å². The second-order valence-electron chi connectivity index (χ2n) is 3.06. The minimum atomic E-state index is -0.429. The maximum absolute atomic E-state index is 10.8. The Morgan fingerprint density at radius 1 is 1.38 bits per heavy atom. The summed E-state index contributed by atoms with van der Waals surface area (Å²) in [6.45, 7) is 3.26. The normalized spacial score (nSPS) is 10.1. The summed E-state index contributed by atoms with van der Waals surface area (Å²) in [7, 11) is 0. The summed E-state index contributed by atoms with van der Waals surface area (Å²) in [6, 6.07) is 0. The van der Waals surface area contributed by atoms with Crippen LogP contribution < -0.4 is 5.32 Å². The highest BCUT2D eigenvalue weighted by atomic mass is 32.2. The van der Waals surface area contributed by atoms with Gasteiger partial charge in [0.25, 0.3) is 0 Å². The predicted octanol–water partition coefficient (Wildman–Crippen LogP) is 1.35. The van der Waals surface area contributed by atoms with E-state index in [1.54, 1.807) is 0 Å². The molecule has 88 valence electrons. The van der Waals surface area contributed by atoms with Crippen molar-refractivity contribution in [3.8, 4) is 11.8 Å². The lowest BCUT2D eigenvalue weighted by molar-refractivity contribution is -0.114. The van der Waals surface area contributed by atoms with Gasteiger partial charge in [-0.2, -0.15) is 9.97 Å². The lowest BCUT2D eigenvalue weighted by atomic mass is 10.4. The molecule has 3 N–H and O–H groups in total. The fraction of sp³-hybridized carbons (Fsp3) is 0.444. The average Bonchev–Trinajstić information content (AvgIpc) is 2.20. The molecule has 0 aromatic carbocycles. The van der Waals surface area contributed by atoms with Crippen molar-refractivity contribution in [2.45, 2.75) is 25.4 Å². The molecule has 0 radical (unpaired) electrons. The number of carbonyl (C=O) groups is 1. The second kappa shape index (κ2) is 5.55. The zero-order chi connectivity index (χ0) is 12.1. The van der Waals surface area contributed by atoms with Crippen molar-refractivity contribution in [2.75, 3.05) is 11.1 Å². The Morgan fingerprint density at radius 3 is 2.38 bits per heavy atom. The van der Waals surface area contributed by atoms with Crippen LogP contribution in [0.2, 0.25) is 0 Å². The van der Waals surface area contributed by atoms with E-state index in [-0.39, 0.29) is 10.8 Å². The van der Waals surface area contributed by atoms with Gasteiger partial charge in [0.05, 0.1) is 0 Å². The Hall–Kier alpha value is -1.50. The number of aromatic nitrogens is 2. The van der Waals surface area contributed by atoms with E-state index in [0.29, 0.717) is 0 Å². The maximum atomic E-state index is 10.8. The maximum Gasteiger partial charge on any atom is 0.243 e. The number of hydrogen-bond acceptors (Lipinski definition) is 6. The van der Waals surface area contributed by atoms with Crippen molar-refractivity contribution in [3.63, 3.8) is 0 Å². The van der Waals surface area contributed by atoms with Crippen molar-refractivity contribution in [2.24, 2.45) is 0 Å². The molecule has 0 bridgehead atoms. The molecule has 0 saturated heterocycles. The molecular formula is C9H13N3O3S. The van der Waals surface area contributed by atoms with Gasteiger partial charge in [-0.15, -0.1) is 0 Å². The van der Waals surface area contributed by atoms with Crippen LogP contribution in [0.1, 0.15) is 20.3 Å². The lowest BCUT2D eigenvalue weighted by Gasteiger charge is -2.07. The van der Waals surface area contributed by atoms with Crippen LogP contribution in [0.25, 0.3) is 0 Å². The summed E-state index contributed by atoms with van der Waals surface area (Å²) < 4.78 is 0. The Kier molecular flexibility index (Phi) is 4.36. The van der Waals surface area contributed by atoms with Gasteiger partial charge in [-0.05, 0) is 6.42 Å². The van der Waals surface area contributed by atoms with Gasteiger partial charge < -0.3 is 15.5 Å². The highest BCUT2D eigenvalue weighted by Crippen LogP contribution is 2.31. The van der Waals surface area contributed by atoms with Crippen LogP contribution in [0, 0.1) is 0 Å². The Bertz CT molecular complexity index is 375. The van der Waals surface area contributed by atoms with Crippen LogP contribution in [0.15, 0.2) is 5.16 Å². The third kappa shape index (κ3) is 3.27. The van der Waals surface area contributed by atoms with Crippen molar-refractivity contribution >= 4 is 23.4 Å². The number of carbonyl (C=O) groups excluding carboxylic acids is 1. The first-order valence-corrected chi connectivity index (χ1v) is 5.73. The van der Waals surface area contributed by atoms with E-state index < -0.39 is 17.7 Å². The summed E-state index contributed by atoms with van der Waals surface area (Å²) in [4.78, 5) is 18.3. The molecule has 1 amide bonds. The monoisotopic (exact) mass is 243 g/mol. The zero-order valence-electron chi connectivity index (χ0n) is 9.02. The Balaban J connectivity index is 2.93. The van der Waals surface area contributed by atoms with Crippen molar-refractivity contribution < 1.29 is 15.0 Å². The molecule has 0 spiro atoms. The van der Waals surface area contributed by atoms with Crippen LogP contribution in [0.3, 0.4) is 0 Å². The van der Waals surface area contributed by atoms with Crippen molar-refractivity contribution in [1.82, 2.24) is 9.97 Å². The number of anilines is 1. The molecule has 0 saturated carbocycles. The van der Waals surface area contributed by atoms with Crippen LogP contribution >= 0.6 is 11.8 Å². The van der Waals surface area contributed by atoms with Crippen molar-refractivity contribution in [1.29, 1.82) is 0 Å². The van der Waals surface area contributed by atoms with Crippen LogP contribution in [0.4, 0.5) is 5.69 Å². The summed E-state index contributed by atoms with van der Waals surface area (Å²) >= 11 is 1.32. The second-order valence-corrected chi connectivity index (χ2v) is 4.12. The molecule has 0 aliphatic heterocycles. The van der Waals surface area contributed by atoms with Gasteiger partial charge in [0, 0.05) is 12.7 Å². The molecule has 0 atom stereocenters. The zero-order valence-corrected chi connectivity index (χ0v) is 9.84. The fourth-order valence-corrected chi connectivity index (χ4v) is 1.65. The molecule has 0 aliphatic rings. The highest BCUT2D eigenvalue weighted by Gasteiger charge is 2.14. The topological polar surface area (TPSA) is 95.3 Å². The minimum absolute atomic E-state index is 0.159. The van der Waals surface area contributed by atoms with E-state index >= 15 is 0 Å². The van der Waals surface area contributed by atoms with E-state index in [2.05, 4.69) is 15.3 Å². The summed E-state index contributed by atoms with van der Waals surface area (Å²) in [5.74, 6) is -0.482. The molecule has 1 aromatic heterocycles. The van der Waals surface area contributed by atoms with Gasteiger partial charge >= 0.3 is 0 Å². The molecule has 1 rings (SSSR count). The summed E-state index contributed by atoms with van der Waals surface area (Å²) in [5.41, 5.74) is -0.159. The molecule has 1 aromatic rings. The van der Waals surface area contributed by atoms with Crippen LogP contribution in [0.5, 0.6) is 11.8 Å². The third-order valence-corrected chi connectivity index (χ3v) is 2.64. The van der Waals surface area contributed by atoms with Gasteiger partial charge in [-0.25, -0.2) is 0 Å². The van der Waals surface area contributed by atoms with Crippen LogP contribution in [-0.2, 0) is 4.79 Å². The lowest BCUT2D eigenvalue weighted by Crippen LogP contribution is -2.07. The Labute approximate surface area is 97.1 Å². The number of aromatic hydroxyl groups is 2. The van der Waals surface area contributed by atoms with Crippen LogP contribution in [-0.4, -0.2) is 31.8 Å². The summed E-state index contributed by atoms with van der Waals surface area (Å²) in [5, 5.41) is 21.5. The van der Waals surface area contributed by atoms with E-state index in [0.717, 1.165) is 12.2 Å². The molecule has 0 unspecified atom stereocenters. The van der Waals surface area contributed by atoms with Gasteiger partial charge in [0.15, 0.2) is 10.8 Å². The number of amides is 1. The minimum Gasteiger partial charge on any atom is -0.492 e. The molecule has 0 fully saturated rings. The van der Waals surface area contributed by atoms with Gasteiger partial charge in [0.2, 0.25) is 17.7 Å². The van der Waals surface area contributed by atoms with Gasteiger partial charge in [-0.1, -0.05) is 18.7 Å². The fourth-order valence-electron chi connectivity index (χ4n) is 0.964. The van der Waals surface area contributed by atoms with Gasteiger partial charge in [-0.3, -0.25) is 4.79 Å². The standard InChI is InChI=1S/C9H13N3O3S/c1-3-4-16-9-11-7(14)6(8(15)12-9)10-5(2)13/h3-4H2,1-2H3,(H,10,13)(H2,11,12,14,15). The summed E-state index contributed by atoms with van der Waals surface area (Å²) in [6.07, 6.45) is 0.934. The largest absolute Gasteiger partial charge is 0.492 e. The first kappa shape index (κ1) is 12.6. The smallest absolute Gasteiger partial charge is 0.243 e. The quantitative estimate of drug-likeness (QED) is 0.545. The first-order valence-electron chi connectivity index (χ1n) is 4.75. The van der Waals surface area contributed by atoms with Gasteiger partial charge in [0.1, 0.15) is 0 Å². The average molecular weight is 243 g/mol. The number of rotatable bonds is 4. The Morgan fingerprint density at radius 2 is 1.94 bits per heavy atom.